The number of benzene rings is 1. The van der Waals surface area contributed by atoms with Gasteiger partial charge < -0.3 is 29.2 Å². The van der Waals surface area contributed by atoms with E-state index in [4.69, 9.17) is 14.3 Å². The fraction of sp³-hybridized carbons (Fsp3) is 0.409. The van der Waals surface area contributed by atoms with Crippen LogP contribution in [0.25, 0.3) is 11.3 Å². The highest BCUT2D eigenvalue weighted by atomic mass is 32.1. The second-order valence-corrected chi connectivity index (χ2v) is 9.27. The van der Waals surface area contributed by atoms with E-state index in [1.807, 2.05) is 4.90 Å². The quantitative estimate of drug-likeness (QED) is 0.445. The van der Waals surface area contributed by atoms with E-state index in [-0.39, 0.29) is 30.5 Å². The molecule has 3 N–H and O–H groups in total. The van der Waals surface area contributed by atoms with Crippen LogP contribution in [0.15, 0.2) is 34.9 Å². The van der Waals surface area contributed by atoms with Gasteiger partial charge in [0, 0.05) is 12.0 Å². The summed E-state index contributed by atoms with van der Waals surface area (Å²) in [5.41, 5.74) is 1.45. The number of hydrogen-bond acceptors (Lipinski definition) is 9. The number of fused-ring (bicyclic) bond motifs is 4. The summed E-state index contributed by atoms with van der Waals surface area (Å²) >= 11 is 1.35. The van der Waals surface area contributed by atoms with Crippen molar-refractivity contribution in [3.63, 3.8) is 0 Å². The first-order chi connectivity index (χ1) is 16.9. The van der Waals surface area contributed by atoms with Crippen LogP contribution < -0.4 is 20.3 Å². The Morgan fingerprint density at radius 3 is 3.06 bits per heavy atom. The molecule has 2 amide bonds. The molecular formula is C22H23F2N5O5S. The lowest BCUT2D eigenvalue weighted by molar-refractivity contribution is -0.0498. The molecule has 2 aliphatic heterocycles. The maximum Gasteiger partial charge on any atom is 0.387 e. The van der Waals surface area contributed by atoms with Gasteiger partial charge in [0.25, 0.3) is 6.01 Å². The number of carbonyl (C=O) groups is 1. The standard InChI is InChI=1S/C22H23F2N5O5S/c1-11(8-30)26-20(31)28-21-27-15-6-13-9-32-10-16(18(15)35-21)29(13)22-25-7-17(34-22)12-3-2-4-14(5-12)33-19(23)24/h2-5,7,11,13,16,19,30H,6,8-10H2,1H3,(H2,26,27,28,31)/t11-,13+,16+/m1/s1. The predicted molar refractivity (Wildman–Crippen MR) is 123 cm³/mol. The van der Waals surface area contributed by atoms with Crippen molar-refractivity contribution in [1.29, 1.82) is 0 Å². The minimum Gasteiger partial charge on any atom is -0.435 e. The summed E-state index contributed by atoms with van der Waals surface area (Å²) in [6.07, 6.45) is 2.13. The molecule has 0 saturated carbocycles. The maximum absolute atomic E-state index is 12.6. The third kappa shape index (κ3) is 4.92. The minimum absolute atomic E-state index is 0.0328. The van der Waals surface area contributed by atoms with E-state index in [9.17, 15) is 13.6 Å². The molecule has 2 aliphatic rings. The Labute approximate surface area is 202 Å². The Morgan fingerprint density at radius 2 is 2.26 bits per heavy atom. The summed E-state index contributed by atoms with van der Waals surface area (Å²) in [6, 6.07) is 5.54. The molecule has 0 radical (unpaired) electrons. The van der Waals surface area contributed by atoms with Crippen molar-refractivity contribution < 1.29 is 32.6 Å². The van der Waals surface area contributed by atoms with Gasteiger partial charge in [0.2, 0.25) is 0 Å². The minimum atomic E-state index is -2.92. The largest absolute Gasteiger partial charge is 0.435 e. The van der Waals surface area contributed by atoms with Crippen LogP contribution in [0.3, 0.4) is 0 Å². The van der Waals surface area contributed by atoms with Crippen molar-refractivity contribution in [2.45, 2.75) is 38.1 Å². The van der Waals surface area contributed by atoms with Crippen LogP contribution in [0.1, 0.15) is 23.5 Å². The van der Waals surface area contributed by atoms with E-state index in [1.165, 1.54) is 23.5 Å². The zero-order valence-corrected chi connectivity index (χ0v) is 19.4. The molecule has 1 saturated heterocycles. The molecule has 5 rings (SSSR count). The number of oxazole rings is 1. The van der Waals surface area contributed by atoms with Crippen LogP contribution in [0, 0.1) is 0 Å². The summed E-state index contributed by atoms with van der Waals surface area (Å²) in [6.45, 7) is -0.536. The molecule has 35 heavy (non-hydrogen) atoms. The van der Waals surface area contributed by atoms with E-state index in [1.54, 1.807) is 25.3 Å². The lowest BCUT2D eigenvalue weighted by atomic mass is 9.97. The summed E-state index contributed by atoms with van der Waals surface area (Å²) < 4.78 is 41.5. The van der Waals surface area contributed by atoms with Crippen LogP contribution >= 0.6 is 11.3 Å². The second-order valence-electron chi connectivity index (χ2n) is 8.24. The van der Waals surface area contributed by atoms with Gasteiger partial charge in [-0.05, 0) is 19.1 Å². The number of aliphatic hydroxyl groups excluding tert-OH is 1. The summed E-state index contributed by atoms with van der Waals surface area (Å²) in [4.78, 5) is 24.2. The second kappa shape index (κ2) is 9.76. The third-order valence-corrected chi connectivity index (χ3v) is 6.82. The van der Waals surface area contributed by atoms with Crippen molar-refractivity contribution in [3.05, 3.63) is 41.0 Å². The van der Waals surface area contributed by atoms with Crippen molar-refractivity contribution in [2.24, 2.45) is 0 Å². The highest BCUT2D eigenvalue weighted by molar-refractivity contribution is 7.16. The van der Waals surface area contributed by atoms with Crippen LogP contribution in [0.2, 0.25) is 0 Å². The number of urea groups is 1. The van der Waals surface area contributed by atoms with Crippen molar-refractivity contribution >= 4 is 28.5 Å². The van der Waals surface area contributed by atoms with E-state index in [0.717, 1.165) is 10.6 Å². The normalized spacial score (nSPS) is 19.9. The number of aliphatic hydroxyl groups is 1. The number of nitrogens with one attached hydrogen (secondary N) is 2. The maximum atomic E-state index is 12.6. The molecule has 186 valence electrons. The average molecular weight is 508 g/mol. The number of amides is 2. The summed E-state index contributed by atoms with van der Waals surface area (Å²) in [5.74, 6) is 0.455. The monoisotopic (exact) mass is 507 g/mol. The van der Waals surface area contributed by atoms with Crippen LogP contribution in [0.5, 0.6) is 5.75 Å². The van der Waals surface area contributed by atoms with Gasteiger partial charge in [0.1, 0.15) is 5.75 Å². The lowest BCUT2D eigenvalue weighted by Crippen LogP contribution is -2.51. The fourth-order valence-electron chi connectivity index (χ4n) is 4.17. The number of halogens is 2. The highest BCUT2D eigenvalue weighted by Crippen LogP contribution is 2.43. The van der Waals surface area contributed by atoms with E-state index >= 15 is 0 Å². The smallest absolute Gasteiger partial charge is 0.387 e. The number of rotatable bonds is 7. The molecule has 13 heteroatoms. The highest BCUT2D eigenvalue weighted by Gasteiger charge is 2.42. The summed E-state index contributed by atoms with van der Waals surface area (Å²) in [7, 11) is 0. The van der Waals surface area contributed by atoms with Gasteiger partial charge in [0.05, 0.1) is 54.7 Å². The van der Waals surface area contributed by atoms with Gasteiger partial charge >= 0.3 is 12.6 Å². The number of aromatic nitrogens is 2. The Morgan fingerprint density at radius 1 is 1.40 bits per heavy atom. The van der Waals surface area contributed by atoms with Crippen molar-refractivity contribution in [1.82, 2.24) is 15.3 Å². The average Bonchev–Trinajstić information content (AvgIpc) is 3.45. The number of alkyl halides is 2. The van der Waals surface area contributed by atoms with E-state index < -0.39 is 12.6 Å². The lowest BCUT2D eigenvalue weighted by Gasteiger charge is -2.43. The zero-order chi connectivity index (χ0) is 24.5. The number of carbonyl (C=O) groups excluding carboxylic acids is 1. The van der Waals surface area contributed by atoms with Crippen LogP contribution in [0.4, 0.5) is 24.7 Å². The Kier molecular flexibility index (Phi) is 6.54. The molecule has 4 heterocycles. The summed E-state index contributed by atoms with van der Waals surface area (Å²) in [5, 5.41) is 14.9. The Balaban J connectivity index is 1.37. The van der Waals surface area contributed by atoms with Gasteiger partial charge in [-0.3, -0.25) is 5.32 Å². The Hall–Kier alpha value is -3.29. The molecule has 3 aromatic rings. The molecular weight excluding hydrogens is 484 g/mol. The number of ether oxygens (including phenoxy) is 2. The SMILES string of the molecule is C[C@H](CO)NC(=O)Nc1nc2c(s1)[C@@H]1COC[C@H](C2)N1c1ncc(-c2cccc(OC(F)F)c2)o1. The van der Waals surface area contributed by atoms with Gasteiger partial charge in [-0.1, -0.05) is 23.5 Å². The molecule has 1 aromatic carbocycles. The van der Waals surface area contributed by atoms with Gasteiger partial charge in [-0.2, -0.15) is 8.78 Å². The number of morpholine rings is 1. The van der Waals surface area contributed by atoms with E-state index in [0.29, 0.717) is 42.1 Å². The van der Waals surface area contributed by atoms with Gasteiger partial charge in [-0.25, -0.2) is 14.8 Å². The molecule has 1 fully saturated rings. The third-order valence-electron chi connectivity index (χ3n) is 5.70. The van der Waals surface area contributed by atoms with E-state index in [2.05, 4.69) is 25.3 Å². The first kappa shape index (κ1) is 23.5. The number of nitrogens with zero attached hydrogens (tertiary/aromatic N) is 3. The topological polar surface area (TPSA) is 122 Å². The van der Waals surface area contributed by atoms with Crippen molar-refractivity contribution in [3.8, 4) is 17.1 Å². The number of thiazole rings is 1. The molecule has 2 aromatic heterocycles. The molecule has 0 unspecified atom stereocenters. The fourth-order valence-corrected chi connectivity index (χ4v) is 5.24. The first-order valence-electron chi connectivity index (χ1n) is 11.0. The van der Waals surface area contributed by atoms with Gasteiger partial charge in [-0.15, -0.1) is 0 Å². The molecule has 2 bridgehead atoms. The first-order valence-corrected chi connectivity index (χ1v) is 11.8. The molecule has 0 spiro atoms. The molecule has 3 atom stereocenters. The predicted octanol–water partition coefficient (Wildman–Crippen LogP) is 3.40. The van der Waals surface area contributed by atoms with Crippen LogP contribution in [-0.2, 0) is 11.2 Å². The molecule has 0 aliphatic carbocycles. The van der Waals surface area contributed by atoms with Crippen molar-refractivity contribution in [2.75, 3.05) is 30.0 Å². The zero-order valence-electron chi connectivity index (χ0n) is 18.6. The number of hydrogen-bond donors (Lipinski definition) is 3. The number of anilines is 2. The molecule has 10 nitrogen and oxygen atoms in total. The Bertz CT molecular complexity index is 1200. The van der Waals surface area contributed by atoms with Crippen LogP contribution in [-0.4, -0.2) is 59.6 Å². The van der Waals surface area contributed by atoms with Gasteiger partial charge in [0.15, 0.2) is 10.9 Å².